The minimum absolute atomic E-state index is 0.0157. The van der Waals surface area contributed by atoms with Gasteiger partial charge in [-0.15, -0.1) is 0 Å². The van der Waals surface area contributed by atoms with Gasteiger partial charge < -0.3 is 15.7 Å². The molecule has 0 aromatic heterocycles. The second kappa shape index (κ2) is 8.93. The first-order valence-corrected chi connectivity index (χ1v) is 12.1. The first-order chi connectivity index (χ1) is 14.8. The summed E-state index contributed by atoms with van der Waals surface area (Å²) in [6.45, 7) is 6.45. The Bertz CT molecular complexity index is 793. The fourth-order valence-electron chi connectivity index (χ4n) is 6.29. The molecule has 3 aliphatic rings. The maximum atomic E-state index is 12.7. The fourth-order valence-corrected chi connectivity index (χ4v) is 6.29. The zero-order valence-corrected chi connectivity index (χ0v) is 19.1. The van der Waals surface area contributed by atoms with Gasteiger partial charge in [0.05, 0.1) is 12.5 Å². The molecule has 0 spiro atoms. The van der Waals surface area contributed by atoms with Crippen molar-refractivity contribution in [3.05, 3.63) is 35.9 Å². The van der Waals surface area contributed by atoms with E-state index in [2.05, 4.69) is 24.5 Å². The molecular formula is C26H38N2O3. The summed E-state index contributed by atoms with van der Waals surface area (Å²) in [6.07, 6.45) is 5.91. The van der Waals surface area contributed by atoms with Gasteiger partial charge in [-0.2, -0.15) is 0 Å². The van der Waals surface area contributed by atoms with Crippen molar-refractivity contribution in [3.8, 4) is 0 Å². The summed E-state index contributed by atoms with van der Waals surface area (Å²) in [4.78, 5) is 25.4. The standard InChI is InChI=1S/C26H38N2O3/c1-16(25(31)27-19-9-10-19)20-11-13-26(3)14-12-21(17(2)23(26)24(20)30)28-22(29)15-18-7-5-4-6-8-18/h4-8,16-17,19-21,23-24,30H,9-15H2,1-3H3,(H,27,31)(H,28,29)/t16-,17-,20-,21-,23+,24-,26+/m0/s1. The number of aliphatic hydroxyl groups excluding tert-OH is 1. The normalized spacial score (nSPS) is 36.2. The molecule has 1 aromatic rings. The second-order valence-electron chi connectivity index (χ2n) is 10.7. The Balaban J connectivity index is 1.42. The summed E-state index contributed by atoms with van der Waals surface area (Å²) < 4.78 is 0. The first kappa shape index (κ1) is 22.3. The minimum atomic E-state index is -0.512. The van der Waals surface area contributed by atoms with Gasteiger partial charge in [0.1, 0.15) is 0 Å². The van der Waals surface area contributed by atoms with Gasteiger partial charge in [0, 0.05) is 18.0 Å². The van der Waals surface area contributed by atoms with E-state index in [1.165, 1.54) is 0 Å². The van der Waals surface area contributed by atoms with Crippen LogP contribution in [-0.2, 0) is 16.0 Å². The van der Waals surface area contributed by atoms with Crippen LogP contribution in [0.3, 0.4) is 0 Å². The van der Waals surface area contributed by atoms with Crippen molar-refractivity contribution in [2.75, 3.05) is 0 Å². The third-order valence-electron chi connectivity index (χ3n) is 8.42. The van der Waals surface area contributed by atoms with Crippen molar-refractivity contribution in [2.45, 2.75) is 83.9 Å². The zero-order valence-electron chi connectivity index (χ0n) is 19.1. The van der Waals surface area contributed by atoms with E-state index < -0.39 is 6.10 Å². The molecule has 0 unspecified atom stereocenters. The number of carbonyl (C=O) groups is 2. The van der Waals surface area contributed by atoms with E-state index >= 15 is 0 Å². The Morgan fingerprint density at radius 1 is 1.10 bits per heavy atom. The van der Waals surface area contributed by atoms with E-state index in [-0.39, 0.29) is 46.9 Å². The van der Waals surface area contributed by atoms with Gasteiger partial charge in [0.25, 0.3) is 0 Å². The van der Waals surface area contributed by atoms with E-state index in [9.17, 15) is 14.7 Å². The van der Waals surface area contributed by atoms with Gasteiger partial charge in [-0.05, 0) is 67.3 Å². The topological polar surface area (TPSA) is 78.4 Å². The molecule has 3 aliphatic carbocycles. The minimum Gasteiger partial charge on any atom is -0.392 e. The third-order valence-corrected chi connectivity index (χ3v) is 8.42. The number of carbonyl (C=O) groups excluding carboxylic acids is 2. The highest BCUT2D eigenvalue weighted by Gasteiger charge is 2.54. The number of nitrogens with one attached hydrogen (secondary N) is 2. The van der Waals surface area contributed by atoms with Gasteiger partial charge in [0.2, 0.25) is 11.8 Å². The molecule has 0 saturated heterocycles. The monoisotopic (exact) mass is 426 g/mol. The van der Waals surface area contributed by atoms with Crippen LogP contribution >= 0.6 is 0 Å². The van der Waals surface area contributed by atoms with Gasteiger partial charge in [-0.3, -0.25) is 9.59 Å². The summed E-state index contributed by atoms with van der Waals surface area (Å²) in [5, 5.41) is 17.8. The number of amides is 2. The molecule has 0 heterocycles. The van der Waals surface area contributed by atoms with Crippen molar-refractivity contribution in [1.82, 2.24) is 10.6 Å². The van der Waals surface area contributed by atoms with Crippen LogP contribution in [0.1, 0.15) is 64.9 Å². The van der Waals surface area contributed by atoms with Crippen molar-refractivity contribution in [3.63, 3.8) is 0 Å². The van der Waals surface area contributed by atoms with Gasteiger partial charge in [-0.25, -0.2) is 0 Å². The molecule has 3 saturated carbocycles. The average Bonchev–Trinajstić information content (AvgIpc) is 3.54. The van der Waals surface area contributed by atoms with E-state index in [0.717, 1.165) is 44.1 Å². The number of rotatable bonds is 6. The molecule has 170 valence electrons. The highest BCUT2D eigenvalue weighted by molar-refractivity contribution is 5.79. The lowest BCUT2D eigenvalue weighted by Crippen LogP contribution is -2.58. The molecule has 31 heavy (non-hydrogen) atoms. The SMILES string of the molecule is C[C@@H]1[C@@H]2[C@@H](O)[C@H]([C@H](C)C(=O)NC3CC3)CC[C@]2(C)CC[C@@H]1NC(=O)Cc1ccccc1. The largest absolute Gasteiger partial charge is 0.392 e. The van der Waals surface area contributed by atoms with Crippen molar-refractivity contribution in [1.29, 1.82) is 0 Å². The molecule has 1 aromatic carbocycles. The fraction of sp³-hybridized carbons (Fsp3) is 0.692. The lowest BCUT2D eigenvalue weighted by atomic mass is 9.51. The molecular weight excluding hydrogens is 388 g/mol. The first-order valence-electron chi connectivity index (χ1n) is 12.1. The van der Waals surface area contributed by atoms with Gasteiger partial charge >= 0.3 is 0 Å². The van der Waals surface area contributed by atoms with Crippen LogP contribution in [0, 0.1) is 29.1 Å². The highest BCUT2D eigenvalue weighted by atomic mass is 16.3. The highest BCUT2D eigenvalue weighted by Crippen LogP contribution is 2.55. The molecule has 0 radical (unpaired) electrons. The molecule has 7 atom stereocenters. The van der Waals surface area contributed by atoms with E-state index in [1.54, 1.807) is 0 Å². The Hall–Kier alpha value is -1.88. The average molecular weight is 427 g/mol. The lowest BCUT2D eigenvalue weighted by Gasteiger charge is -2.56. The molecule has 4 rings (SSSR count). The Morgan fingerprint density at radius 3 is 2.45 bits per heavy atom. The molecule has 0 bridgehead atoms. The van der Waals surface area contributed by atoms with Gasteiger partial charge in [-0.1, -0.05) is 51.1 Å². The van der Waals surface area contributed by atoms with Crippen LogP contribution in [0.5, 0.6) is 0 Å². The summed E-state index contributed by atoms with van der Waals surface area (Å²) in [7, 11) is 0. The lowest BCUT2D eigenvalue weighted by molar-refractivity contribution is -0.143. The number of aliphatic hydroxyl groups is 1. The van der Waals surface area contributed by atoms with Crippen LogP contribution in [0.4, 0.5) is 0 Å². The van der Waals surface area contributed by atoms with Crippen LogP contribution < -0.4 is 10.6 Å². The molecule has 0 aliphatic heterocycles. The van der Waals surface area contributed by atoms with Crippen LogP contribution in [0.2, 0.25) is 0 Å². The number of benzene rings is 1. The Kier molecular flexibility index (Phi) is 6.43. The molecule has 2 amide bonds. The van der Waals surface area contributed by atoms with Crippen molar-refractivity contribution in [2.24, 2.45) is 29.1 Å². The number of fused-ring (bicyclic) bond motifs is 1. The van der Waals surface area contributed by atoms with Crippen LogP contribution in [0.25, 0.3) is 0 Å². The zero-order chi connectivity index (χ0) is 22.2. The molecule has 5 nitrogen and oxygen atoms in total. The Labute approximate surface area is 186 Å². The van der Waals surface area contributed by atoms with Crippen molar-refractivity contribution < 1.29 is 14.7 Å². The van der Waals surface area contributed by atoms with E-state index in [4.69, 9.17) is 0 Å². The third kappa shape index (κ3) is 4.82. The molecule has 3 fully saturated rings. The van der Waals surface area contributed by atoms with Crippen LogP contribution in [-0.4, -0.2) is 35.1 Å². The summed E-state index contributed by atoms with van der Waals surface area (Å²) >= 11 is 0. The maximum absolute atomic E-state index is 12.7. The van der Waals surface area contributed by atoms with Crippen molar-refractivity contribution >= 4 is 11.8 Å². The molecule has 3 N–H and O–H groups in total. The van der Waals surface area contributed by atoms with Gasteiger partial charge in [0.15, 0.2) is 0 Å². The van der Waals surface area contributed by atoms with E-state index in [1.807, 2.05) is 37.3 Å². The quantitative estimate of drug-likeness (QED) is 0.652. The van der Waals surface area contributed by atoms with Crippen LogP contribution in [0.15, 0.2) is 30.3 Å². The summed E-state index contributed by atoms with van der Waals surface area (Å²) in [5.74, 6) is 0.212. The second-order valence-corrected chi connectivity index (χ2v) is 10.7. The number of hydrogen-bond donors (Lipinski definition) is 3. The van der Waals surface area contributed by atoms with E-state index in [0.29, 0.717) is 12.5 Å². The maximum Gasteiger partial charge on any atom is 0.224 e. The predicted octanol–water partition coefficient (Wildman–Crippen LogP) is 3.45. The summed E-state index contributed by atoms with van der Waals surface area (Å²) in [5.41, 5.74) is 1.09. The summed E-state index contributed by atoms with van der Waals surface area (Å²) in [6, 6.07) is 10.2. The molecule has 5 heteroatoms. The Morgan fingerprint density at radius 2 is 1.77 bits per heavy atom. The smallest absolute Gasteiger partial charge is 0.224 e. The predicted molar refractivity (Wildman–Crippen MR) is 121 cm³/mol. The number of hydrogen-bond acceptors (Lipinski definition) is 3.